The minimum absolute atomic E-state index is 0.0413. The number of carbonyl (C=O) groups is 2. The normalized spacial score (nSPS) is 26.1. The predicted molar refractivity (Wildman–Crippen MR) is 100 cm³/mol. The molecule has 2 fully saturated rings. The molecule has 1 aliphatic carbocycles. The molecule has 0 aromatic carbocycles. The van der Waals surface area contributed by atoms with Crippen molar-refractivity contribution in [1.29, 1.82) is 0 Å². The van der Waals surface area contributed by atoms with Crippen molar-refractivity contribution in [2.24, 2.45) is 5.92 Å². The third-order valence-corrected chi connectivity index (χ3v) is 5.84. The molecule has 6 heteroatoms. The summed E-state index contributed by atoms with van der Waals surface area (Å²) < 4.78 is 5.04. The summed E-state index contributed by atoms with van der Waals surface area (Å²) in [5.74, 6) is 0.363. The first-order chi connectivity index (χ1) is 12.5. The van der Waals surface area contributed by atoms with E-state index in [1.165, 1.54) is 11.3 Å². The van der Waals surface area contributed by atoms with Crippen molar-refractivity contribution in [3.8, 4) is 0 Å². The number of likely N-dealkylation sites (tertiary alicyclic amines) is 1. The van der Waals surface area contributed by atoms with E-state index in [4.69, 9.17) is 4.74 Å². The summed E-state index contributed by atoms with van der Waals surface area (Å²) in [5.41, 5.74) is 0.0413. The molecule has 2 amide bonds. The molecule has 0 aromatic heterocycles. The maximum Gasteiger partial charge on any atom is 0.417 e. The Morgan fingerprint density at radius 3 is 2.58 bits per heavy atom. The second-order valence-corrected chi connectivity index (χ2v) is 7.85. The zero-order chi connectivity index (χ0) is 18.6. The van der Waals surface area contributed by atoms with Crippen molar-refractivity contribution >= 4 is 12.0 Å². The summed E-state index contributed by atoms with van der Waals surface area (Å²) in [6, 6.07) is 0.263. The van der Waals surface area contributed by atoms with Crippen molar-refractivity contribution in [1.82, 2.24) is 15.1 Å². The molecular formula is C20H31N3O3. The van der Waals surface area contributed by atoms with E-state index in [9.17, 15) is 9.59 Å². The molecule has 1 atom stereocenters. The Hall–Kier alpha value is -1.82. The van der Waals surface area contributed by atoms with Crippen LogP contribution in [0.1, 0.15) is 52.4 Å². The van der Waals surface area contributed by atoms with E-state index in [0.29, 0.717) is 6.61 Å². The maximum atomic E-state index is 12.5. The van der Waals surface area contributed by atoms with E-state index in [-0.39, 0.29) is 29.5 Å². The van der Waals surface area contributed by atoms with Gasteiger partial charge in [-0.25, -0.2) is 4.79 Å². The van der Waals surface area contributed by atoms with Gasteiger partial charge < -0.3 is 10.1 Å². The summed E-state index contributed by atoms with van der Waals surface area (Å²) in [6.45, 7) is 6.16. The van der Waals surface area contributed by atoms with Crippen molar-refractivity contribution in [3.05, 3.63) is 24.6 Å². The van der Waals surface area contributed by atoms with Gasteiger partial charge in [-0.05, 0) is 65.5 Å². The second-order valence-electron chi connectivity index (χ2n) is 7.85. The molecule has 0 unspecified atom stereocenters. The second kappa shape index (κ2) is 8.25. The average molecular weight is 361 g/mol. The fourth-order valence-electron chi connectivity index (χ4n) is 3.95. The number of carbonyl (C=O) groups excluding carboxylic acids is 2. The van der Waals surface area contributed by atoms with Gasteiger partial charge in [0.25, 0.3) is 0 Å². The predicted octanol–water partition coefficient (Wildman–Crippen LogP) is 3.02. The lowest BCUT2D eigenvalue weighted by molar-refractivity contribution is -0.129. The molecule has 0 spiro atoms. The van der Waals surface area contributed by atoms with Crippen LogP contribution >= 0.6 is 0 Å². The Morgan fingerprint density at radius 1 is 1.23 bits per heavy atom. The molecule has 3 aliphatic rings. The smallest absolute Gasteiger partial charge is 0.417 e. The first kappa shape index (κ1) is 19.0. The topological polar surface area (TPSA) is 61.9 Å². The van der Waals surface area contributed by atoms with Gasteiger partial charge in [-0.15, -0.1) is 0 Å². The Balaban J connectivity index is 1.48. The monoisotopic (exact) mass is 361 g/mol. The highest BCUT2D eigenvalue weighted by molar-refractivity contribution is 5.79. The van der Waals surface area contributed by atoms with Gasteiger partial charge in [0.1, 0.15) is 0 Å². The molecule has 2 aliphatic heterocycles. The first-order valence-electron chi connectivity index (χ1n) is 9.87. The number of hydrogen-bond acceptors (Lipinski definition) is 4. The zero-order valence-electron chi connectivity index (χ0n) is 15.9. The van der Waals surface area contributed by atoms with E-state index >= 15 is 0 Å². The number of nitrogens with one attached hydrogen (secondary N) is 1. The molecule has 0 bridgehead atoms. The van der Waals surface area contributed by atoms with Gasteiger partial charge in [-0.3, -0.25) is 14.6 Å². The van der Waals surface area contributed by atoms with Crippen LogP contribution in [0.3, 0.4) is 0 Å². The van der Waals surface area contributed by atoms with Crippen LogP contribution in [-0.4, -0.2) is 53.1 Å². The highest BCUT2D eigenvalue weighted by Crippen LogP contribution is 2.32. The van der Waals surface area contributed by atoms with Crippen LogP contribution in [0.5, 0.6) is 0 Å². The lowest BCUT2D eigenvalue weighted by Gasteiger charge is -2.41. The van der Waals surface area contributed by atoms with Crippen LogP contribution in [0, 0.1) is 5.92 Å². The molecule has 1 N–H and O–H groups in total. The number of rotatable bonds is 4. The van der Waals surface area contributed by atoms with E-state index in [1.807, 2.05) is 6.08 Å². The van der Waals surface area contributed by atoms with E-state index in [2.05, 4.69) is 23.2 Å². The standard InChI is InChI=1S/C20H31N3O3/c1-3-26-19(25)23-12-4-6-17(9-15-23)22-13-7-16(8-14-22)18(24)21-20(2)10-5-11-20/h4,9,12,15-17H,3,5-8,10-11,13-14H2,1-2H3,(H,21,24)/t17-/m0/s1. The van der Waals surface area contributed by atoms with Gasteiger partial charge in [-0.2, -0.15) is 0 Å². The molecule has 0 aromatic rings. The lowest BCUT2D eigenvalue weighted by atomic mass is 9.78. The van der Waals surface area contributed by atoms with Crippen LogP contribution in [-0.2, 0) is 9.53 Å². The molecule has 0 radical (unpaired) electrons. The maximum absolute atomic E-state index is 12.5. The fourth-order valence-corrected chi connectivity index (χ4v) is 3.95. The number of ether oxygens (including phenoxy) is 1. The molecule has 1 saturated carbocycles. The van der Waals surface area contributed by atoms with E-state index in [0.717, 1.165) is 45.2 Å². The summed E-state index contributed by atoms with van der Waals surface area (Å²) in [5, 5.41) is 3.26. The number of amides is 2. The van der Waals surface area contributed by atoms with Crippen molar-refractivity contribution in [3.63, 3.8) is 0 Å². The molecular weight excluding hydrogens is 330 g/mol. The SMILES string of the molecule is CCOC(=O)N1C=CC[C@H](N2CCC(C(=O)NC3(C)CCC3)CC2)C=C1. The average Bonchev–Trinajstić information content (AvgIpc) is 2.87. The highest BCUT2D eigenvalue weighted by atomic mass is 16.5. The first-order valence-corrected chi connectivity index (χ1v) is 9.87. The van der Waals surface area contributed by atoms with Crippen LogP contribution in [0.4, 0.5) is 4.79 Å². The van der Waals surface area contributed by atoms with Crippen molar-refractivity contribution in [2.75, 3.05) is 19.7 Å². The summed E-state index contributed by atoms with van der Waals surface area (Å²) in [4.78, 5) is 28.2. The third kappa shape index (κ3) is 4.47. The van der Waals surface area contributed by atoms with Crippen LogP contribution in [0.15, 0.2) is 24.6 Å². The van der Waals surface area contributed by atoms with Gasteiger partial charge in [0.05, 0.1) is 6.61 Å². The van der Waals surface area contributed by atoms with Crippen LogP contribution < -0.4 is 5.32 Å². The third-order valence-electron chi connectivity index (χ3n) is 5.84. The van der Waals surface area contributed by atoms with Crippen molar-refractivity contribution < 1.29 is 14.3 Å². The molecule has 26 heavy (non-hydrogen) atoms. The Bertz CT molecular complexity index is 575. The summed E-state index contributed by atoms with van der Waals surface area (Å²) in [6.07, 6.45) is 13.4. The molecule has 3 rings (SSSR count). The largest absolute Gasteiger partial charge is 0.449 e. The Morgan fingerprint density at radius 2 is 1.96 bits per heavy atom. The van der Waals surface area contributed by atoms with Gasteiger partial charge in [0.2, 0.25) is 5.91 Å². The number of piperidine rings is 1. The minimum Gasteiger partial charge on any atom is -0.449 e. The van der Waals surface area contributed by atoms with Gasteiger partial charge >= 0.3 is 6.09 Å². The minimum atomic E-state index is -0.347. The quantitative estimate of drug-likeness (QED) is 0.836. The summed E-state index contributed by atoms with van der Waals surface area (Å²) >= 11 is 0. The number of hydrogen-bond donors (Lipinski definition) is 1. The highest BCUT2D eigenvalue weighted by Gasteiger charge is 2.36. The van der Waals surface area contributed by atoms with E-state index < -0.39 is 0 Å². The number of nitrogens with zero attached hydrogens (tertiary/aromatic N) is 2. The lowest BCUT2D eigenvalue weighted by Crippen LogP contribution is -2.54. The van der Waals surface area contributed by atoms with Gasteiger partial charge in [0.15, 0.2) is 0 Å². The summed E-state index contributed by atoms with van der Waals surface area (Å²) in [7, 11) is 0. The van der Waals surface area contributed by atoms with Crippen LogP contribution in [0.2, 0.25) is 0 Å². The Labute approximate surface area is 156 Å². The van der Waals surface area contributed by atoms with Crippen molar-refractivity contribution in [2.45, 2.75) is 64.0 Å². The molecule has 2 heterocycles. The van der Waals surface area contributed by atoms with Gasteiger partial charge in [-0.1, -0.05) is 12.2 Å². The van der Waals surface area contributed by atoms with E-state index in [1.54, 1.807) is 19.3 Å². The molecule has 144 valence electrons. The van der Waals surface area contributed by atoms with Gasteiger partial charge in [0, 0.05) is 29.9 Å². The van der Waals surface area contributed by atoms with Crippen LogP contribution in [0.25, 0.3) is 0 Å². The molecule has 1 saturated heterocycles. The molecule has 6 nitrogen and oxygen atoms in total. The Kier molecular flexibility index (Phi) is 6.01. The fraction of sp³-hybridized carbons (Fsp3) is 0.700. The zero-order valence-corrected chi connectivity index (χ0v) is 15.9.